The van der Waals surface area contributed by atoms with E-state index in [2.05, 4.69) is 0 Å². The third kappa shape index (κ3) is 2.07. The van der Waals surface area contributed by atoms with E-state index in [1.165, 1.54) is 12.1 Å². The second-order valence-electron chi connectivity index (χ2n) is 4.48. The predicted molar refractivity (Wildman–Crippen MR) is 57.4 cm³/mol. The monoisotopic (exact) mass is 223 g/mol. The maximum Gasteiger partial charge on any atom is 0.321 e. The molecule has 3 nitrogen and oxygen atoms in total. The molecular formula is C12H14FNO2. The summed E-state index contributed by atoms with van der Waals surface area (Å²) in [5.41, 5.74) is 6.29. The number of halogens is 1. The number of rotatable bonds is 4. The number of aliphatic carboxylic acids is 1. The van der Waals surface area contributed by atoms with E-state index in [1.807, 2.05) is 0 Å². The fourth-order valence-corrected chi connectivity index (χ4v) is 2.03. The average molecular weight is 223 g/mol. The molecule has 1 atom stereocenters. The summed E-state index contributed by atoms with van der Waals surface area (Å²) in [6, 6.07) is 5.32. The Morgan fingerprint density at radius 1 is 1.44 bits per heavy atom. The van der Waals surface area contributed by atoms with Crippen LogP contribution in [0.5, 0.6) is 0 Å². The van der Waals surface area contributed by atoms with Crippen LogP contribution in [0.1, 0.15) is 18.4 Å². The molecule has 3 N–H and O–H groups in total. The summed E-state index contributed by atoms with van der Waals surface area (Å²) in [6.07, 6.45) is 2.27. The molecule has 16 heavy (non-hydrogen) atoms. The Morgan fingerprint density at radius 2 is 2.00 bits per heavy atom. The quantitative estimate of drug-likeness (QED) is 0.814. The lowest BCUT2D eigenvalue weighted by Gasteiger charge is -2.19. The first-order valence-electron chi connectivity index (χ1n) is 5.26. The summed E-state index contributed by atoms with van der Waals surface area (Å²) in [7, 11) is 0. The summed E-state index contributed by atoms with van der Waals surface area (Å²) < 4.78 is 12.7. The van der Waals surface area contributed by atoms with E-state index in [4.69, 9.17) is 10.8 Å². The van der Waals surface area contributed by atoms with Crippen molar-refractivity contribution in [2.75, 3.05) is 0 Å². The third-order valence-corrected chi connectivity index (χ3v) is 3.29. The van der Waals surface area contributed by atoms with Crippen molar-refractivity contribution in [3.63, 3.8) is 0 Å². The van der Waals surface area contributed by atoms with Gasteiger partial charge in [-0.2, -0.15) is 0 Å². The third-order valence-electron chi connectivity index (χ3n) is 3.29. The van der Waals surface area contributed by atoms with Gasteiger partial charge in [0.25, 0.3) is 0 Å². The fourth-order valence-electron chi connectivity index (χ4n) is 2.03. The molecule has 0 aromatic heterocycles. The van der Waals surface area contributed by atoms with Crippen LogP contribution in [0, 0.1) is 11.2 Å². The molecule has 0 spiro atoms. The Hall–Kier alpha value is -1.42. The van der Waals surface area contributed by atoms with Gasteiger partial charge in [0.05, 0.1) is 0 Å². The minimum atomic E-state index is -0.959. The molecule has 4 heteroatoms. The van der Waals surface area contributed by atoms with Crippen LogP contribution in [0.2, 0.25) is 0 Å². The van der Waals surface area contributed by atoms with Gasteiger partial charge in [0, 0.05) is 5.41 Å². The number of benzene rings is 1. The van der Waals surface area contributed by atoms with Gasteiger partial charge in [0.1, 0.15) is 11.9 Å². The largest absolute Gasteiger partial charge is 0.480 e. The SMILES string of the molecule is NC(C(=O)O)C1(Cc2ccc(F)cc2)CC1. The maximum atomic E-state index is 12.7. The second-order valence-corrected chi connectivity index (χ2v) is 4.48. The van der Waals surface area contributed by atoms with Crippen molar-refractivity contribution in [1.82, 2.24) is 0 Å². The normalized spacial score (nSPS) is 19.1. The first kappa shape index (κ1) is 11.1. The van der Waals surface area contributed by atoms with Gasteiger partial charge in [-0.15, -0.1) is 0 Å². The minimum Gasteiger partial charge on any atom is -0.480 e. The van der Waals surface area contributed by atoms with Gasteiger partial charge < -0.3 is 10.8 Å². The molecule has 1 saturated carbocycles. The summed E-state index contributed by atoms with van der Waals surface area (Å²) in [5.74, 6) is -1.24. The molecule has 86 valence electrons. The van der Waals surface area contributed by atoms with Gasteiger partial charge in [-0.3, -0.25) is 4.79 Å². The molecule has 0 amide bonds. The lowest BCUT2D eigenvalue weighted by molar-refractivity contribution is -0.140. The van der Waals surface area contributed by atoms with Gasteiger partial charge in [-0.25, -0.2) is 4.39 Å². The van der Waals surface area contributed by atoms with Crippen LogP contribution in [-0.2, 0) is 11.2 Å². The van der Waals surface area contributed by atoms with Crippen LogP contribution >= 0.6 is 0 Å². The molecule has 1 unspecified atom stereocenters. The maximum absolute atomic E-state index is 12.7. The summed E-state index contributed by atoms with van der Waals surface area (Å²) in [5, 5.41) is 8.89. The van der Waals surface area contributed by atoms with Gasteiger partial charge in [-0.1, -0.05) is 12.1 Å². The Morgan fingerprint density at radius 3 is 2.44 bits per heavy atom. The number of carboxylic acids is 1. The van der Waals surface area contributed by atoms with Gasteiger partial charge in [-0.05, 0) is 37.0 Å². The Labute approximate surface area is 93.1 Å². The number of hydrogen-bond donors (Lipinski definition) is 2. The topological polar surface area (TPSA) is 63.3 Å². The number of nitrogens with two attached hydrogens (primary N) is 1. The van der Waals surface area contributed by atoms with Crippen LogP contribution in [0.25, 0.3) is 0 Å². The molecule has 1 aromatic rings. The van der Waals surface area contributed by atoms with Crippen molar-refractivity contribution in [2.45, 2.75) is 25.3 Å². The lowest BCUT2D eigenvalue weighted by atomic mass is 9.89. The first-order chi connectivity index (χ1) is 7.53. The van der Waals surface area contributed by atoms with Crippen LogP contribution in [-0.4, -0.2) is 17.1 Å². The molecule has 1 aliphatic carbocycles. The van der Waals surface area contributed by atoms with Crippen molar-refractivity contribution in [3.05, 3.63) is 35.6 Å². The summed E-state index contributed by atoms with van der Waals surface area (Å²) in [4.78, 5) is 10.8. The van der Waals surface area contributed by atoms with Crippen molar-refractivity contribution in [1.29, 1.82) is 0 Å². The van der Waals surface area contributed by atoms with E-state index in [0.29, 0.717) is 6.42 Å². The van der Waals surface area contributed by atoms with E-state index >= 15 is 0 Å². The fraction of sp³-hybridized carbons (Fsp3) is 0.417. The van der Waals surface area contributed by atoms with Crippen LogP contribution < -0.4 is 5.73 Å². The van der Waals surface area contributed by atoms with Crippen LogP contribution in [0.15, 0.2) is 24.3 Å². The molecule has 0 radical (unpaired) electrons. The van der Waals surface area contributed by atoms with Crippen molar-refractivity contribution in [3.8, 4) is 0 Å². The number of hydrogen-bond acceptors (Lipinski definition) is 2. The molecule has 0 bridgehead atoms. The predicted octanol–water partition coefficient (Wildman–Crippen LogP) is 1.56. The van der Waals surface area contributed by atoms with Crippen molar-refractivity contribution in [2.24, 2.45) is 11.1 Å². The van der Waals surface area contributed by atoms with E-state index in [1.54, 1.807) is 12.1 Å². The van der Waals surface area contributed by atoms with E-state index < -0.39 is 12.0 Å². The summed E-state index contributed by atoms with van der Waals surface area (Å²) >= 11 is 0. The van der Waals surface area contributed by atoms with E-state index in [9.17, 15) is 9.18 Å². The van der Waals surface area contributed by atoms with Crippen LogP contribution in [0.3, 0.4) is 0 Å². The molecule has 2 rings (SSSR count). The zero-order valence-corrected chi connectivity index (χ0v) is 8.82. The van der Waals surface area contributed by atoms with Gasteiger partial charge in [0.15, 0.2) is 0 Å². The van der Waals surface area contributed by atoms with Crippen LogP contribution in [0.4, 0.5) is 4.39 Å². The number of carbonyl (C=O) groups is 1. The van der Waals surface area contributed by atoms with E-state index in [-0.39, 0.29) is 11.2 Å². The standard InChI is InChI=1S/C12H14FNO2/c13-9-3-1-8(2-4-9)7-12(5-6-12)10(14)11(15)16/h1-4,10H,5-7,14H2,(H,15,16). The molecule has 1 aliphatic rings. The molecule has 0 saturated heterocycles. The molecule has 1 fully saturated rings. The molecular weight excluding hydrogens is 209 g/mol. The molecule has 1 aromatic carbocycles. The van der Waals surface area contributed by atoms with Gasteiger partial charge >= 0.3 is 5.97 Å². The lowest BCUT2D eigenvalue weighted by Crippen LogP contribution is -2.40. The Bertz CT molecular complexity index is 398. The Kier molecular flexibility index (Phi) is 2.68. The molecule has 0 heterocycles. The highest BCUT2D eigenvalue weighted by Gasteiger charge is 2.50. The highest BCUT2D eigenvalue weighted by atomic mass is 19.1. The minimum absolute atomic E-state index is 0.281. The smallest absolute Gasteiger partial charge is 0.321 e. The number of carboxylic acid groups (broad SMARTS) is 1. The van der Waals surface area contributed by atoms with Crippen molar-refractivity contribution < 1.29 is 14.3 Å². The second kappa shape index (κ2) is 3.87. The van der Waals surface area contributed by atoms with E-state index in [0.717, 1.165) is 18.4 Å². The van der Waals surface area contributed by atoms with Crippen molar-refractivity contribution >= 4 is 5.97 Å². The molecule has 0 aliphatic heterocycles. The zero-order chi connectivity index (χ0) is 11.8. The highest BCUT2D eigenvalue weighted by molar-refractivity contribution is 5.75. The average Bonchev–Trinajstić information content (AvgIpc) is 3.01. The zero-order valence-electron chi connectivity index (χ0n) is 8.82. The summed E-state index contributed by atoms with van der Waals surface area (Å²) in [6.45, 7) is 0. The Balaban J connectivity index is 2.10. The van der Waals surface area contributed by atoms with Gasteiger partial charge in [0.2, 0.25) is 0 Å². The highest BCUT2D eigenvalue weighted by Crippen LogP contribution is 2.50. The first-order valence-corrected chi connectivity index (χ1v) is 5.26.